The van der Waals surface area contributed by atoms with Crippen molar-refractivity contribution in [1.29, 1.82) is 0 Å². The van der Waals surface area contributed by atoms with E-state index in [1.807, 2.05) is 21.9 Å². The third-order valence-corrected chi connectivity index (χ3v) is 5.69. The van der Waals surface area contributed by atoms with Gasteiger partial charge in [0.25, 0.3) is 0 Å². The number of hydrogen-bond acceptors (Lipinski definition) is 5. The van der Waals surface area contributed by atoms with Gasteiger partial charge in [0.1, 0.15) is 0 Å². The smallest absolute Gasteiger partial charge is 0.226 e. The van der Waals surface area contributed by atoms with Crippen molar-refractivity contribution < 1.29 is 23.8 Å². The summed E-state index contributed by atoms with van der Waals surface area (Å²) in [4.78, 5) is 29.2. The van der Waals surface area contributed by atoms with Gasteiger partial charge in [-0.15, -0.1) is 0 Å². The van der Waals surface area contributed by atoms with E-state index in [0.29, 0.717) is 30.3 Å². The maximum absolute atomic E-state index is 12.8. The zero-order valence-electron chi connectivity index (χ0n) is 17.0. The Kier molecular flexibility index (Phi) is 6.65. The van der Waals surface area contributed by atoms with Crippen LogP contribution in [0.5, 0.6) is 17.2 Å². The molecule has 0 aliphatic carbocycles. The second-order valence-corrected chi connectivity index (χ2v) is 7.40. The molecule has 3 rings (SSSR count). The van der Waals surface area contributed by atoms with Crippen LogP contribution in [-0.2, 0) is 16.0 Å². The van der Waals surface area contributed by atoms with Crippen molar-refractivity contribution in [2.24, 2.45) is 5.92 Å². The van der Waals surface area contributed by atoms with Crippen molar-refractivity contribution in [2.75, 3.05) is 47.5 Å². The first-order chi connectivity index (χ1) is 13.6. The van der Waals surface area contributed by atoms with E-state index in [2.05, 4.69) is 0 Å². The molecule has 0 spiro atoms. The number of amides is 2. The highest BCUT2D eigenvalue weighted by molar-refractivity contribution is 5.81. The fraction of sp³-hybridized carbons (Fsp3) is 0.619. The lowest BCUT2D eigenvalue weighted by molar-refractivity contribution is -0.139. The fourth-order valence-electron chi connectivity index (χ4n) is 4.10. The first-order valence-corrected chi connectivity index (χ1v) is 9.92. The van der Waals surface area contributed by atoms with Crippen LogP contribution in [0.15, 0.2) is 12.1 Å². The van der Waals surface area contributed by atoms with Crippen LogP contribution in [0.3, 0.4) is 0 Å². The van der Waals surface area contributed by atoms with Gasteiger partial charge < -0.3 is 24.0 Å². The monoisotopic (exact) mass is 390 g/mol. The van der Waals surface area contributed by atoms with Crippen LogP contribution in [0.25, 0.3) is 0 Å². The summed E-state index contributed by atoms with van der Waals surface area (Å²) in [6.45, 7) is 3.04. The quantitative estimate of drug-likeness (QED) is 0.744. The number of rotatable bonds is 6. The molecule has 2 saturated heterocycles. The molecule has 0 atom stereocenters. The van der Waals surface area contributed by atoms with Gasteiger partial charge in [-0.1, -0.05) is 0 Å². The molecule has 1 aromatic carbocycles. The molecule has 2 heterocycles. The van der Waals surface area contributed by atoms with E-state index >= 15 is 0 Å². The molecule has 0 saturated carbocycles. The second-order valence-electron chi connectivity index (χ2n) is 7.40. The van der Waals surface area contributed by atoms with Crippen LogP contribution in [0.4, 0.5) is 0 Å². The minimum atomic E-state index is 0.0568. The standard InChI is InChI=1S/C21H30N2O5/c1-26-17-12-15(13-18(27-2)20(17)28-3)14-19(24)22-10-6-16(7-11-22)21(25)23-8-4-5-9-23/h12-13,16H,4-11,14H2,1-3H3. The van der Waals surface area contributed by atoms with Gasteiger partial charge in [0, 0.05) is 32.1 Å². The van der Waals surface area contributed by atoms with E-state index in [1.165, 1.54) is 0 Å². The molecule has 7 heteroatoms. The number of benzene rings is 1. The van der Waals surface area contributed by atoms with Gasteiger partial charge in [-0.25, -0.2) is 0 Å². The van der Waals surface area contributed by atoms with Gasteiger partial charge in [0.2, 0.25) is 17.6 Å². The van der Waals surface area contributed by atoms with E-state index in [-0.39, 0.29) is 24.2 Å². The lowest BCUT2D eigenvalue weighted by Gasteiger charge is -2.33. The first kappa shape index (κ1) is 20.3. The molecule has 1 aromatic rings. The molecule has 2 aliphatic rings. The molecule has 154 valence electrons. The molecule has 0 aromatic heterocycles. The topological polar surface area (TPSA) is 68.3 Å². The van der Waals surface area contributed by atoms with Crippen molar-refractivity contribution in [1.82, 2.24) is 9.80 Å². The zero-order chi connectivity index (χ0) is 20.1. The summed E-state index contributed by atoms with van der Waals surface area (Å²) >= 11 is 0. The van der Waals surface area contributed by atoms with Crippen molar-refractivity contribution >= 4 is 11.8 Å². The third-order valence-electron chi connectivity index (χ3n) is 5.69. The Morgan fingerprint density at radius 1 is 0.893 bits per heavy atom. The number of hydrogen-bond donors (Lipinski definition) is 0. The van der Waals surface area contributed by atoms with Crippen LogP contribution in [0.1, 0.15) is 31.2 Å². The van der Waals surface area contributed by atoms with Crippen LogP contribution >= 0.6 is 0 Å². The molecular weight excluding hydrogens is 360 g/mol. The molecule has 0 unspecified atom stereocenters. The van der Waals surface area contributed by atoms with Crippen LogP contribution < -0.4 is 14.2 Å². The van der Waals surface area contributed by atoms with Crippen LogP contribution in [0.2, 0.25) is 0 Å². The minimum Gasteiger partial charge on any atom is -0.493 e. The number of ether oxygens (including phenoxy) is 3. The van der Waals surface area contributed by atoms with Crippen molar-refractivity contribution in [3.63, 3.8) is 0 Å². The first-order valence-electron chi connectivity index (χ1n) is 9.92. The highest BCUT2D eigenvalue weighted by Crippen LogP contribution is 2.38. The average molecular weight is 390 g/mol. The van der Waals surface area contributed by atoms with Crippen LogP contribution in [-0.4, -0.2) is 69.1 Å². The van der Waals surface area contributed by atoms with Gasteiger partial charge in [0.05, 0.1) is 27.8 Å². The lowest BCUT2D eigenvalue weighted by atomic mass is 9.95. The van der Waals surface area contributed by atoms with E-state index < -0.39 is 0 Å². The summed E-state index contributed by atoms with van der Waals surface area (Å²) < 4.78 is 16.1. The Labute approximate surface area is 166 Å². The predicted octanol–water partition coefficient (Wildman–Crippen LogP) is 2.12. The molecule has 2 amide bonds. The third kappa shape index (κ3) is 4.34. The minimum absolute atomic E-state index is 0.0568. The molecule has 2 aliphatic heterocycles. The lowest BCUT2D eigenvalue weighted by Crippen LogP contribution is -2.44. The van der Waals surface area contributed by atoms with E-state index in [0.717, 1.165) is 44.3 Å². The predicted molar refractivity (Wildman–Crippen MR) is 105 cm³/mol. The largest absolute Gasteiger partial charge is 0.493 e. The molecule has 28 heavy (non-hydrogen) atoms. The van der Waals surface area contributed by atoms with Crippen LogP contribution in [0, 0.1) is 5.92 Å². The van der Waals surface area contributed by atoms with E-state index in [9.17, 15) is 9.59 Å². The Bertz CT molecular complexity index is 682. The van der Waals surface area contributed by atoms with Crippen molar-refractivity contribution in [2.45, 2.75) is 32.1 Å². The van der Waals surface area contributed by atoms with E-state index in [4.69, 9.17) is 14.2 Å². The number of likely N-dealkylation sites (tertiary alicyclic amines) is 2. The molecule has 7 nitrogen and oxygen atoms in total. The summed E-state index contributed by atoms with van der Waals surface area (Å²) in [5, 5.41) is 0. The second kappa shape index (κ2) is 9.17. The SMILES string of the molecule is COc1cc(CC(=O)N2CCC(C(=O)N3CCCC3)CC2)cc(OC)c1OC. The zero-order valence-corrected chi connectivity index (χ0v) is 17.0. The van der Waals surface area contributed by atoms with Gasteiger partial charge in [0.15, 0.2) is 11.5 Å². The Balaban J connectivity index is 1.59. The van der Waals surface area contributed by atoms with Gasteiger partial charge in [-0.2, -0.15) is 0 Å². The van der Waals surface area contributed by atoms with E-state index in [1.54, 1.807) is 21.3 Å². The summed E-state index contributed by atoms with van der Waals surface area (Å²) in [6, 6.07) is 3.62. The van der Waals surface area contributed by atoms with Gasteiger partial charge in [-0.3, -0.25) is 9.59 Å². The number of carbonyl (C=O) groups excluding carboxylic acids is 2. The molecule has 0 N–H and O–H groups in total. The maximum Gasteiger partial charge on any atom is 0.226 e. The Hall–Kier alpha value is -2.44. The molecule has 0 bridgehead atoms. The number of methoxy groups -OCH3 is 3. The summed E-state index contributed by atoms with van der Waals surface area (Å²) in [6.07, 6.45) is 3.98. The average Bonchev–Trinajstić information content (AvgIpc) is 3.27. The fourth-order valence-corrected chi connectivity index (χ4v) is 4.10. The molecule has 2 fully saturated rings. The van der Waals surface area contributed by atoms with Crippen molar-refractivity contribution in [3.05, 3.63) is 17.7 Å². The highest BCUT2D eigenvalue weighted by Gasteiger charge is 2.31. The number of nitrogens with zero attached hydrogens (tertiary/aromatic N) is 2. The van der Waals surface area contributed by atoms with Crippen molar-refractivity contribution in [3.8, 4) is 17.2 Å². The van der Waals surface area contributed by atoms with Gasteiger partial charge in [-0.05, 0) is 43.4 Å². The Morgan fingerprint density at radius 3 is 1.96 bits per heavy atom. The Morgan fingerprint density at radius 2 is 1.46 bits per heavy atom. The maximum atomic E-state index is 12.8. The normalized spacial score (nSPS) is 17.5. The number of piperidine rings is 1. The summed E-state index contributed by atoms with van der Waals surface area (Å²) in [5.41, 5.74) is 0.815. The van der Waals surface area contributed by atoms with Gasteiger partial charge >= 0.3 is 0 Å². The molecular formula is C21H30N2O5. The summed E-state index contributed by atoms with van der Waals surface area (Å²) in [7, 11) is 4.68. The number of carbonyl (C=O) groups is 2. The summed E-state index contributed by atoms with van der Waals surface area (Å²) in [5.74, 6) is 1.99. The highest BCUT2D eigenvalue weighted by atomic mass is 16.5. The molecule has 0 radical (unpaired) electrons.